The van der Waals surface area contributed by atoms with Gasteiger partial charge in [-0.15, -0.1) is 5.16 Å². The maximum absolute atomic E-state index is 4.80. The molecule has 0 aliphatic rings. The van der Waals surface area contributed by atoms with Crippen LogP contribution in [0.5, 0.6) is 0 Å². The number of oxime groups is 1. The molecule has 0 atom stereocenters. The zero-order valence-corrected chi connectivity index (χ0v) is 6.90. The van der Waals surface area contributed by atoms with Crippen molar-refractivity contribution in [3.8, 4) is 0 Å². The maximum atomic E-state index is 4.80. The third-order valence-electron chi connectivity index (χ3n) is 1.70. The molecule has 0 bridgehead atoms. The van der Waals surface area contributed by atoms with E-state index in [-0.39, 0.29) is 0 Å². The van der Waals surface area contributed by atoms with Crippen LogP contribution in [-0.4, -0.2) is 22.1 Å². The lowest BCUT2D eigenvalue weighted by molar-refractivity contribution is 0.133. The fourth-order valence-corrected chi connectivity index (χ4v) is 1.10. The van der Waals surface area contributed by atoms with E-state index in [2.05, 4.69) is 27.3 Å². The van der Waals surface area contributed by atoms with Gasteiger partial charge in [0.1, 0.15) is 17.6 Å². The van der Waals surface area contributed by atoms with Crippen molar-refractivity contribution in [3.63, 3.8) is 0 Å². The molecule has 0 unspecified atom stereocenters. The molecule has 1 aromatic carbocycles. The van der Waals surface area contributed by atoms with E-state index in [9.17, 15) is 0 Å². The van der Waals surface area contributed by atoms with Crippen LogP contribution >= 0.6 is 0 Å². The van der Waals surface area contributed by atoms with E-state index in [1.165, 1.54) is 0 Å². The van der Waals surface area contributed by atoms with Crippen molar-refractivity contribution in [2.45, 2.75) is 6.61 Å². The van der Waals surface area contributed by atoms with Crippen LogP contribution < -0.4 is 0 Å². The highest BCUT2D eigenvalue weighted by atomic mass is 16.6. The highest BCUT2D eigenvalue weighted by Gasteiger charge is 1.99. The number of hydrogen-bond donors (Lipinski definition) is 1. The molecule has 5 heteroatoms. The second-order valence-corrected chi connectivity index (χ2v) is 2.55. The molecule has 0 saturated carbocycles. The van der Waals surface area contributed by atoms with Crippen molar-refractivity contribution in [3.05, 3.63) is 23.8 Å². The third-order valence-corrected chi connectivity index (χ3v) is 1.70. The SMILES string of the molecule is C=NOCc1ccc2n[nH]nc2c1. The van der Waals surface area contributed by atoms with E-state index < -0.39 is 0 Å². The standard InChI is InChI=1S/C8H8N4O/c1-9-13-5-6-2-3-7-8(4-6)11-12-10-7/h2-4H,1,5H2,(H,10,11,12). The van der Waals surface area contributed by atoms with Crippen molar-refractivity contribution in [2.75, 3.05) is 0 Å². The number of H-pyrrole nitrogens is 1. The van der Waals surface area contributed by atoms with Gasteiger partial charge in [-0.05, 0) is 17.7 Å². The first-order chi connectivity index (χ1) is 6.40. The van der Waals surface area contributed by atoms with Crippen LogP contribution in [0.25, 0.3) is 11.0 Å². The molecule has 2 aromatic rings. The van der Waals surface area contributed by atoms with E-state index in [1.807, 2.05) is 18.2 Å². The van der Waals surface area contributed by atoms with Crippen LogP contribution in [0, 0.1) is 0 Å². The fraction of sp³-hybridized carbons (Fsp3) is 0.125. The van der Waals surface area contributed by atoms with Gasteiger partial charge in [0, 0.05) is 6.72 Å². The number of benzene rings is 1. The summed E-state index contributed by atoms with van der Waals surface area (Å²) >= 11 is 0. The second-order valence-electron chi connectivity index (χ2n) is 2.55. The number of rotatable bonds is 3. The summed E-state index contributed by atoms with van der Waals surface area (Å²) in [6, 6.07) is 5.68. The predicted octanol–water partition coefficient (Wildman–Crippen LogP) is 1.09. The highest BCUT2D eigenvalue weighted by molar-refractivity contribution is 5.73. The molecule has 0 saturated heterocycles. The Balaban J connectivity index is 2.31. The minimum atomic E-state index is 0.409. The lowest BCUT2D eigenvalue weighted by Gasteiger charge is -1.97. The van der Waals surface area contributed by atoms with Crippen molar-refractivity contribution >= 4 is 17.8 Å². The minimum absolute atomic E-state index is 0.409. The van der Waals surface area contributed by atoms with Gasteiger partial charge in [-0.25, -0.2) is 0 Å². The Morgan fingerprint density at radius 3 is 3.08 bits per heavy atom. The third kappa shape index (κ3) is 1.48. The van der Waals surface area contributed by atoms with Crippen LogP contribution in [0.2, 0.25) is 0 Å². The lowest BCUT2D eigenvalue weighted by atomic mass is 10.2. The van der Waals surface area contributed by atoms with Gasteiger partial charge in [0.25, 0.3) is 0 Å². The predicted molar refractivity (Wildman–Crippen MR) is 48.2 cm³/mol. The smallest absolute Gasteiger partial charge is 0.142 e. The molecular weight excluding hydrogens is 168 g/mol. The van der Waals surface area contributed by atoms with Gasteiger partial charge in [0.05, 0.1) is 0 Å². The van der Waals surface area contributed by atoms with Crippen LogP contribution in [0.3, 0.4) is 0 Å². The Labute approximate surface area is 74.4 Å². The normalized spacial score (nSPS) is 10.2. The quantitative estimate of drug-likeness (QED) is 0.562. The first kappa shape index (κ1) is 7.72. The molecule has 0 aliphatic carbocycles. The average Bonchev–Trinajstić information content (AvgIpc) is 2.61. The number of aromatic amines is 1. The van der Waals surface area contributed by atoms with Crippen molar-refractivity contribution in [1.82, 2.24) is 15.4 Å². The van der Waals surface area contributed by atoms with Gasteiger partial charge < -0.3 is 4.84 Å². The van der Waals surface area contributed by atoms with Gasteiger partial charge in [-0.1, -0.05) is 6.07 Å². The number of aromatic nitrogens is 3. The lowest BCUT2D eigenvalue weighted by Crippen LogP contribution is -1.85. The largest absolute Gasteiger partial charge is 0.391 e. The molecule has 1 N–H and O–H groups in total. The van der Waals surface area contributed by atoms with Gasteiger partial charge in [-0.2, -0.15) is 15.4 Å². The molecule has 0 fully saturated rings. The summed E-state index contributed by atoms with van der Waals surface area (Å²) in [5, 5.41) is 13.7. The van der Waals surface area contributed by atoms with Crippen LogP contribution in [0.15, 0.2) is 23.4 Å². The Kier molecular flexibility index (Phi) is 1.91. The molecule has 5 nitrogen and oxygen atoms in total. The Bertz CT molecular complexity index is 423. The van der Waals surface area contributed by atoms with Crippen molar-refractivity contribution < 1.29 is 4.84 Å². The topological polar surface area (TPSA) is 63.2 Å². The zero-order chi connectivity index (χ0) is 9.10. The average molecular weight is 176 g/mol. The highest BCUT2D eigenvalue weighted by Crippen LogP contribution is 2.11. The van der Waals surface area contributed by atoms with Crippen LogP contribution in [0.4, 0.5) is 0 Å². The summed E-state index contributed by atoms with van der Waals surface area (Å²) in [4.78, 5) is 4.80. The molecule has 0 spiro atoms. The summed E-state index contributed by atoms with van der Waals surface area (Å²) in [5.41, 5.74) is 2.66. The molecular formula is C8H8N4O. The van der Waals surface area contributed by atoms with Crippen molar-refractivity contribution in [1.29, 1.82) is 0 Å². The van der Waals surface area contributed by atoms with E-state index in [1.54, 1.807) is 0 Å². The van der Waals surface area contributed by atoms with E-state index in [0.29, 0.717) is 6.61 Å². The van der Waals surface area contributed by atoms with E-state index in [0.717, 1.165) is 16.6 Å². The summed E-state index contributed by atoms with van der Waals surface area (Å²) in [5.74, 6) is 0. The number of nitrogens with one attached hydrogen (secondary N) is 1. The first-order valence-corrected chi connectivity index (χ1v) is 3.77. The first-order valence-electron chi connectivity index (χ1n) is 3.77. The number of hydrogen-bond acceptors (Lipinski definition) is 4. The zero-order valence-electron chi connectivity index (χ0n) is 6.90. The summed E-state index contributed by atoms with van der Waals surface area (Å²) in [6.45, 7) is 3.63. The fourth-order valence-electron chi connectivity index (χ4n) is 1.10. The summed E-state index contributed by atoms with van der Waals surface area (Å²) in [6.07, 6.45) is 0. The maximum Gasteiger partial charge on any atom is 0.142 e. The minimum Gasteiger partial charge on any atom is -0.391 e. The molecule has 0 radical (unpaired) electrons. The molecule has 1 heterocycles. The Hall–Kier alpha value is -1.91. The monoisotopic (exact) mass is 176 g/mol. The molecule has 0 amide bonds. The Morgan fingerprint density at radius 2 is 2.23 bits per heavy atom. The summed E-state index contributed by atoms with van der Waals surface area (Å²) < 4.78 is 0. The molecule has 1 aromatic heterocycles. The summed E-state index contributed by atoms with van der Waals surface area (Å²) in [7, 11) is 0. The van der Waals surface area contributed by atoms with Gasteiger partial charge in [-0.3, -0.25) is 0 Å². The van der Waals surface area contributed by atoms with Gasteiger partial charge in [0.15, 0.2) is 0 Å². The van der Waals surface area contributed by atoms with Crippen LogP contribution in [-0.2, 0) is 11.4 Å². The van der Waals surface area contributed by atoms with Crippen molar-refractivity contribution in [2.24, 2.45) is 5.16 Å². The molecule has 0 aliphatic heterocycles. The number of fused-ring (bicyclic) bond motifs is 1. The molecule has 66 valence electrons. The number of nitrogens with zero attached hydrogens (tertiary/aromatic N) is 3. The Morgan fingerprint density at radius 1 is 1.38 bits per heavy atom. The van der Waals surface area contributed by atoms with E-state index in [4.69, 9.17) is 4.84 Å². The van der Waals surface area contributed by atoms with Gasteiger partial charge in [0.2, 0.25) is 0 Å². The van der Waals surface area contributed by atoms with E-state index >= 15 is 0 Å². The second kappa shape index (κ2) is 3.22. The van der Waals surface area contributed by atoms with Gasteiger partial charge >= 0.3 is 0 Å². The molecule has 13 heavy (non-hydrogen) atoms. The molecule has 2 rings (SSSR count). The van der Waals surface area contributed by atoms with Crippen LogP contribution in [0.1, 0.15) is 5.56 Å².